The van der Waals surface area contributed by atoms with Crippen LogP contribution in [0.2, 0.25) is 0 Å². The molecular formula is C15H22O5S. The van der Waals surface area contributed by atoms with Crippen LogP contribution in [0.5, 0.6) is 0 Å². The van der Waals surface area contributed by atoms with Crippen LogP contribution in [0, 0.1) is 6.92 Å². The standard InChI is InChI=1S/C15H22O5S/c1-4-15(5-2)18-10-13(20-15)11-19-21(16,17)14-8-6-12(3)7-9-14/h6-9,13H,4-5,10-11H2,1-3H3/t13-/m0/s1. The van der Waals surface area contributed by atoms with E-state index in [1.165, 1.54) is 0 Å². The minimum absolute atomic E-state index is 0.0298. The van der Waals surface area contributed by atoms with E-state index >= 15 is 0 Å². The van der Waals surface area contributed by atoms with Crippen LogP contribution in [-0.4, -0.2) is 33.5 Å². The Morgan fingerprint density at radius 1 is 1.24 bits per heavy atom. The van der Waals surface area contributed by atoms with Crippen LogP contribution in [0.4, 0.5) is 0 Å². The predicted octanol–water partition coefficient (Wildman–Crippen LogP) is 2.63. The van der Waals surface area contributed by atoms with Crippen LogP contribution < -0.4 is 0 Å². The zero-order chi connectivity index (χ0) is 15.5. The normalized spacial score (nSPS) is 21.6. The molecule has 21 heavy (non-hydrogen) atoms. The first kappa shape index (κ1) is 16.4. The van der Waals surface area contributed by atoms with E-state index in [0.717, 1.165) is 18.4 Å². The summed E-state index contributed by atoms with van der Waals surface area (Å²) in [6.45, 7) is 6.19. The van der Waals surface area contributed by atoms with E-state index in [4.69, 9.17) is 13.7 Å². The number of aryl methyl sites for hydroxylation is 1. The van der Waals surface area contributed by atoms with Crippen LogP contribution in [0.25, 0.3) is 0 Å². The van der Waals surface area contributed by atoms with E-state index in [1.807, 2.05) is 20.8 Å². The Morgan fingerprint density at radius 2 is 1.86 bits per heavy atom. The van der Waals surface area contributed by atoms with Gasteiger partial charge in [-0.15, -0.1) is 0 Å². The molecule has 6 heteroatoms. The van der Waals surface area contributed by atoms with Gasteiger partial charge < -0.3 is 9.47 Å². The molecule has 2 rings (SSSR count). The van der Waals surface area contributed by atoms with Crippen molar-refractivity contribution >= 4 is 10.1 Å². The van der Waals surface area contributed by atoms with Crippen molar-refractivity contribution in [2.45, 2.75) is 50.4 Å². The fraction of sp³-hybridized carbons (Fsp3) is 0.600. The number of rotatable bonds is 6. The molecule has 1 aliphatic rings. The highest BCUT2D eigenvalue weighted by molar-refractivity contribution is 7.86. The third kappa shape index (κ3) is 3.83. The molecule has 0 aromatic heterocycles. The third-order valence-electron chi connectivity index (χ3n) is 3.71. The van der Waals surface area contributed by atoms with Gasteiger partial charge in [0.1, 0.15) is 6.10 Å². The average Bonchev–Trinajstić information content (AvgIpc) is 2.90. The van der Waals surface area contributed by atoms with Crippen molar-refractivity contribution in [3.8, 4) is 0 Å². The highest BCUT2D eigenvalue weighted by atomic mass is 32.2. The van der Waals surface area contributed by atoms with Gasteiger partial charge in [-0.3, -0.25) is 4.18 Å². The Labute approximate surface area is 126 Å². The summed E-state index contributed by atoms with van der Waals surface area (Å²) < 4.78 is 40.7. The lowest BCUT2D eigenvalue weighted by molar-refractivity contribution is -0.174. The SMILES string of the molecule is CCC1(CC)OC[C@@H](COS(=O)(=O)c2ccc(C)cc2)O1. The Kier molecular flexibility index (Phi) is 5.03. The van der Waals surface area contributed by atoms with Crippen molar-refractivity contribution in [1.82, 2.24) is 0 Å². The summed E-state index contributed by atoms with van der Waals surface area (Å²) in [5.41, 5.74) is 0.997. The molecule has 1 saturated heterocycles. The first-order valence-corrected chi connectivity index (χ1v) is 8.59. The largest absolute Gasteiger partial charge is 0.347 e. The molecule has 0 radical (unpaired) electrons. The lowest BCUT2D eigenvalue weighted by Crippen LogP contribution is -2.30. The second-order valence-corrected chi connectivity index (χ2v) is 6.84. The van der Waals surface area contributed by atoms with Gasteiger partial charge in [-0.25, -0.2) is 0 Å². The van der Waals surface area contributed by atoms with Crippen molar-refractivity contribution in [2.75, 3.05) is 13.2 Å². The molecule has 0 aliphatic carbocycles. The predicted molar refractivity (Wildman–Crippen MR) is 78.5 cm³/mol. The van der Waals surface area contributed by atoms with E-state index in [9.17, 15) is 8.42 Å². The summed E-state index contributed by atoms with van der Waals surface area (Å²) in [4.78, 5) is 0.157. The van der Waals surface area contributed by atoms with E-state index in [0.29, 0.717) is 6.61 Å². The van der Waals surface area contributed by atoms with Crippen molar-refractivity contribution in [1.29, 1.82) is 0 Å². The van der Waals surface area contributed by atoms with Crippen LogP contribution in [0.3, 0.4) is 0 Å². The first-order chi connectivity index (χ1) is 9.91. The number of benzene rings is 1. The smallest absolute Gasteiger partial charge is 0.297 e. The summed E-state index contributed by atoms with van der Waals surface area (Å²) in [5, 5.41) is 0. The minimum Gasteiger partial charge on any atom is -0.347 e. The van der Waals surface area contributed by atoms with E-state index in [2.05, 4.69) is 0 Å². The average molecular weight is 314 g/mol. The van der Waals surface area contributed by atoms with Gasteiger partial charge >= 0.3 is 0 Å². The molecule has 0 spiro atoms. The Hall–Kier alpha value is -0.950. The molecule has 0 amide bonds. The monoisotopic (exact) mass is 314 g/mol. The fourth-order valence-electron chi connectivity index (χ4n) is 2.26. The molecular weight excluding hydrogens is 292 g/mol. The topological polar surface area (TPSA) is 61.8 Å². The molecule has 1 aromatic rings. The van der Waals surface area contributed by atoms with Gasteiger partial charge in [0, 0.05) is 0 Å². The van der Waals surface area contributed by atoms with Crippen LogP contribution in [0.15, 0.2) is 29.2 Å². The fourth-order valence-corrected chi connectivity index (χ4v) is 3.19. The number of ether oxygens (including phenoxy) is 2. The van der Waals surface area contributed by atoms with Crippen molar-refractivity contribution in [3.05, 3.63) is 29.8 Å². The number of hydrogen-bond donors (Lipinski definition) is 0. The van der Waals surface area contributed by atoms with E-state index in [1.54, 1.807) is 24.3 Å². The molecule has 118 valence electrons. The lowest BCUT2D eigenvalue weighted by atomic mass is 10.1. The van der Waals surface area contributed by atoms with Gasteiger partial charge in [-0.1, -0.05) is 31.5 Å². The van der Waals surface area contributed by atoms with Gasteiger partial charge in [0.15, 0.2) is 5.79 Å². The van der Waals surface area contributed by atoms with E-state index in [-0.39, 0.29) is 17.6 Å². The van der Waals surface area contributed by atoms with Gasteiger partial charge in [-0.05, 0) is 31.9 Å². The summed E-state index contributed by atoms with van der Waals surface area (Å²) in [6, 6.07) is 6.56. The second-order valence-electron chi connectivity index (χ2n) is 5.22. The lowest BCUT2D eigenvalue weighted by Gasteiger charge is -2.24. The molecule has 0 bridgehead atoms. The maximum atomic E-state index is 12.1. The highest BCUT2D eigenvalue weighted by Crippen LogP contribution is 2.30. The van der Waals surface area contributed by atoms with Crippen molar-refractivity contribution in [2.24, 2.45) is 0 Å². The molecule has 0 unspecified atom stereocenters. The number of hydrogen-bond acceptors (Lipinski definition) is 5. The zero-order valence-electron chi connectivity index (χ0n) is 12.7. The Morgan fingerprint density at radius 3 is 2.38 bits per heavy atom. The molecule has 1 fully saturated rings. The quantitative estimate of drug-likeness (QED) is 0.755. The maximum Gasteiger partial charge on any atom is 0.297 e. The molecule has 1 heterocycles. The molecule has 1 atom stereocenters. The Balaban J connectivity index is 1.95. The zero-order valence-corrected chi connectivity index (χ0v) is 13.5. The first-order valence-electron chi connectivity index (χ1n) is 7.18. The van der Waals surface area contributed by atoms with Gasteiger partial charge in [0.2, 0.25) is 0 Å². The molecule has 0 saturated carbocycles. The molecule has 1 aromatic carbocycles. The summed E-state index contributed by atoms with van der Waals surface area (Å²) in [5.74, 6) is -0.596. The van der Waals surface area contributed by atoms with Gasteiger partial charge in [-0.2, -0.15) is 8.42 Å². The maximum absolute atomic E-state index is 12.1. The van der Waals surface area contributed by atoms with Crippen molar-refractivity contribution < 1.29 is 22.1 Å². The molecule has 5 nitrogen and oxygen atoms in total. The molecule has 0 N–H and O–H groups in total. The van der Waals surface area contributed by atoms with Gasteiger partial charge in [0.05, 0.1) is 18.1 Å². The Bertz CT molecular complexity index is 560. The summed E-state index contributed by atoms with van der Waals surface area (Å²) in [6.07, 6.45) is 1.10. The second kappa shape index (κ2) is 6.44. The summed E-state index contributed by atoms with van der Waals surface area (Å²) >= 11 is 0. The summed E-state index contributed by atoms with van der Waals surface area (Å²) in [7, 11) is -3.75. The molecule has 1 aliphatic heterocycles. The van der Waals surface area contributed by atoms with Gasteiger partial charge in [0.25, 0.3) is 10.1 Å². The minimum atomic E-state index is -3.75. The van der Waals surface area contributed by atoms with Crippen LogP contribution in [0.1, 0.15) is 32.3 Å². The third-order valence-corrected chi connectivity index (χ3v) is 5.01. The highest BCUT2D eigenvalue weighted by Gasteiger charge is 2.39. The van der Waals surface area contributed by atoms with Crippen LogP contribution in [-0.2, 0) is 23.8 Å². The van der Waals surface area contributed by atoms with Crippen LogP contribution >= 0.6 is 0 Å². The van der Waals surface area contributed by atoms with E-state index < -0.39 is 15.9 Å². The van der Waals surface area contributed by atoms with Crippen molar-refractivity contribution in [3.63, 3.8) is 0 Å².